The van der Waals surface area contributed by atoms with Crippen LogP contribution >= 0.6 is 0 Å². The molecule has 0 spiro atoms. The van der Waals surface area contributed by atoms with E-state index in [4.69, 9.17) is 4.74 Å². The molecule has 1 atom stereocenters. The van der Waals surface area contributed by atoms with E-state index in [0.717, 1.165) is 18.6 Å². The lowest BCUT2D eigenvalue weighted by Crippen LogP contribution is -2.17. The Bertz CT molecular complexity index is 540. The van der Waals surface area contributed by atoms with Crippen molar-refractivity contribution in [2.75, 3.05) is 7.05 Å². The van der Waals surface area contributed by atoms with E-state index in [0.29, 0.717) is 6.04 Å². The van der Waals surface area contributed by atoms with Crippen molar-refractivity contribution >= 4 is 0 Å². The number of nitrogens with zero attached hydrogens (tertiary/aromatic N) is 1. The number of ether oxygens (including phenoxy) is 1. The van der Waals surface area contributed by atoms with E-state index >= 15 is 0 Å². The van der Waals surface area contributed by atoms with Crippen LogP contribution < -0.4 is 10.1 Å². The van der Waals surface area contributed by atoms with Crippen LogP contribution in [0.2, 0.25) is 0 Å². The Morgan fingerprint density at radius 2 is 1.90 bits per heavy atom. The van der Waals surface area contributed by atoms with Gasteiger partial charge in [-0.25, -0.2) is 0 Å². The van der Waals surface area contributed by atoms with Crippen LogP contribution in [0.3, 0.4) is 0 Å². The molecule has 112 valence electrons. The topological polar surface area (TPSA) is 34.2 Å². The largest absolute Gasteiger partial charge is 0.489 e. The zero-order chi connectivity index (χ0) is 15.1. The first-order valence-electron chi connectivity index (χ1n) is 7.52. The number of pyridine rings is 1. The number of aryl methyl sites for hydroxylation is 1. The Kier molecular flexibility index (Phi) is 5.76. The van der Waals surface area contributed by atoms with E-state index in [1.54, 1.807) is 6.20 Å². The predicted molar refractivity (Wildman–Crippen MR) is 86.6 cm³/mol. The molecule has 0 aliphatic carbocycles. The third kappa shape index (κ3) is 4.87. The van der Waals surface area contributed by atoms with Gasteiger partial charge in [-0.2, -0.15) is 0 Å². The van der Waals surface area contributed by atoms with Gasteiger partial charge in [-0.05, 0) is 50.9 Å². The van der Waals surface area contributed by atoms with Gasteiger partial charge in [0.05, 0.1) is 12.3 Å². The van der Waals surface area contributed by atoms with Gasteiger partial charge < -0.3 is 10.1 Å². The summed E-state index contributed by atoms with van der Waals surface area (Å²) in [6.45, 7) is 4.05. The SMILES string of the molecule is CNC(CCc1cncc(OC(C)C)c1)c1ccccc1. The number of benzene rings is 1. The van der Waals surface area contributed by atoms with Gasteiger partial charge in [0.2, 0.25) is 0 Å². The molecule has 2 aromatic rings. The molecule has 1 unspecified atom stereocenters. The molecule has 3 nitrogen and oxygen atoms in total. The minimum Gasteiger partial charge on any atom is -0.489 e. The Morgan fingerprint density at radius 1 is 1.14 bits per heavy atom. The molecular weight excluding hydrogens is 260 g/mol. The second kappa shape index (κ2) is 7.79. The predicted octanol–water partition coefficient (Wildman–Crippen LogP) is 3.76. The van der Waals surface area contributed by atoms with Crippen LogP contribution in [0.1, 0.15) is 37.4 Å². The molecule has 21 heavy (non-hydrogen) atoms. The Labute approximate surface area is 127 Å². The Balaban J connectivity index is 1.98. The average Bonchev–Trinajstić information content (AvgIpc) is 2.49. The highest BCUT2D eigenvalue weighted by molar-refractivity contribution is 5.25. The molecule has 1 N–H and O–H groups in total. The molecule has 0 amide bonds. The highest BCUT2D eigenvalue weighted by Crippen LogP contribution is 2.20. The van der Waals surface area contributed by atoms with E-state index in [1.165, 1.54) is 11.1 Å². The minimum absolute atomic E-state index is 0.177. The molecule has 0 saturated carbocycles. The summed E-state index contributed by atoms with van der Waals surface area (Å²) in [6.07, 6.45) is 5.88. The maximum absolute atomic E-state index is 5.69. The molecule has 0 aliphatic heterocycles. The minimum atomic E-state index is 0.177. The fourth-order valence-corrected chi connectivity index (χ4v) is 2.41. The molecule has 0 radical (unpaired) electrons. The van der Waals surface area contributed by atoms with Crippen molar-refractivity contribution in [3.8, 4) is 5.75 Å². The maximum Gasteiger partial charge on any atom is 0.138 e. The van der Waals surface area contributed by atoms with Crippen LogP contribution in [0.4, 0.5) is 0 Å². The van der Waals surface area contributed by atoms with Crippen molar-refractivity contribution in [1.29, 1.82) is 0 Å². The maximum atomic E-state index is 5.69. The van der Waals surface area contributed by atoms with Crippen LogP contribution in [0.15, 0.2) is 48.8 Å². The lowest BCUT2D eigenvalue weighted by Gasteiger charge is -2.17. The molecule has 1 heterocycles. The Morgan fingerprint density at radius 3 is 2.57 bits per heavy atom. The highest BCUT2D eigenvalue weighted by Gasteiger charge is 2.09. The number of hydrogen-bond acceptors (Lipinski definition) is 3. The summed E-state index contributed by atoms with van der Waals surface area (Å²) < 4.78 is 5.69. The smallest absolute Gasteiger partial charge is 0.138 e. The standard InChI is InChI=1S/C18H24N2O/c1-14(2)21-17-11-15(12-20-13-17)9-10-18(19-3)16-7-5-4-6-8-16/h4-8,11-14,18-19H,9-10H2,1-3H3. The third-order valence-electron chi connectivity index (χ3n) is 3.41. The highest BCUT2D eigenvalue weighted by atomic mass is 16.5. The average molecular weight is 284 g/mol. The molecule has 0 aliphatic rings. The van der Waals surface area contributed by atoms with Gasteiger partial charge in [-0.3, -0.25) is 4.98 Å². The van der Waals surface area contributed by atoms with Gasteiger partial charge in [0.25, 0.3) is 0 Å². The van der Waals surface area contributed by atoms with Crippen molar-refractivity contribution < 1.29 is 4.74 Å². The van der Waals surface area contributed by atoms with E-state index in [-0.39, 0.29) is 6.10 Å². The molecular formula is C18H24N2O. The van der Waals surface area contributed by atoms with Crippen LogP contribution in [-0.4, -0.2) is 18.1 Å². The molecule has 0 fully saturated rings. The lowest BCUT2D eigenvalue weighted by molar-refractivity contribution is 0.241. The van der Waals surface area contributed by atoms with Crippen molar-refractivity contribution in [2.45, 2.75) is 38.8 Å². The molecule has 0 saturated heterocycles. The van der Waals surface area contributed by atoms with Crippen LogP contribution in [0.5, 0.6) is 5.75 Å². The fourth-order valence-electron chi connectivity index (χ4n) is 2.41. The van der Waals surface area contributed by atoms with E-state index in [2.05, 4.69) is 40.6 Å². The van der Waals surface area contributed by atoms with Gasteiger partial charge in [0.15, 0.2) is 0 Å². The summed E-state index contributed by atoms with van der Waals surface area (Å²) in [7, 11) is 2.01. The summed E-state index contributed by atoms with van der Waals surface area (Å²) >= 11 is 0. The van der Waals surface area contributed by atoms with E-state index in [1.807, 2.05) is 33.2 Å². The molecule has 1 aromatic heterocycles. The van der Waals surface area contributed by atoms with Gasteiger partial charge in [-0.15, -0.1) is 0 Å². The lowest BCUT2D eigenvalue weighted by atomic mass is 10.00. The van der Waals surface area contributed by atoms with Crippen molar-refractivity contribution in [3.63, 3.8) is 0 Å². The molecule has 0 bridgehead atoms. The van der Waals surface area contributed by atoms with Crippen LogP contribution in [0.25, 0.3) is 0 Å². The second-order valence-corrected chi connectivity index (χ2v) is 5.49. The zero-order valence-corrected chi connectivity index (χ0v) is 13.0. The summed E-state index contributed by atoms with van der Waals surface area (Å²) in [5.74, 6) is 0.850. The number of aromatic nitrogens is 1. The summed E-state index contributed by atoms with van der Waals surface area (Å²) in [5.41, 5.74) is 2.53. The summed E-state index contributed by atoms with van der Waals surface area (Å²) in [4.78, 5) is 4.27. The van der Waals surface area contributed by atoms with Crippen LogP contribution in [-0.2, 0) is 6.42 Å². The fraction of sp³-hybridized carbons (Fsp3) is 0.389. The van der Waals surface area contributed by atoms with Crippen molar-refractivity contribution in [2.24, 2.45) is 0 Å². The zero-order valence-electron chi connectivity index (χ0n) is 13.0. The first-order chi connectivity index (χ1) is 10.2. The van der Waals surface area contributed by atoms with E-state index in [9.17, 15) is 0 Å². The third-order valence-corrected chi connectivity index (χ3v) is 3.41. The summed E-state index contributed by atoms with van der Waals surface area (Å²) in [6, 6.07) is 13.0. The van der Waals surface area contributed by atoms with E-state index < -0.39 is 0 Å². The van der Waals surface area contributed by atoms with Crippen LogP contribution in [0, 0.1) is 0 Å². The molecule has 1 aromatic carbocycles. The first kappa shape index (κ1) is 15.5. The normalized spacial score (nSPS) is 12.4. The van der Waals surface area contributed by atoms with Crippen molar-refractivity contribution in [3.05, 3.63) is 59.9 Å². The number of nitrogens with one attached hydrogen (secondary N) is 1. The second-order valence-electron chi connectivity index (χ2n) is 5.49. The summed E-state index contributed by atoms with van der Waals surface area (Å²) in [5, 5.41) is 3.38. The number of hydrogen-bond donors (Lipinski definition) is 1. The Hall–Kier alpha value is -1.87. The van der Waals surface area contributed by atoms with Crippen molar-refractivity contribution in [1.82, 2.24) is 10.3 Å². The first-order valence-corrected chi connectivity index (χ1v) is 7.52. The van der Waals surface area contributed by atoms with Gasteiger partial charge in [0, 0.05) is 12.2 Å². The monoisotopic (exact) mass is 284 g/mol. The van der Waals surface area contributed by atoms with Gasteiger partial charge in [-0.1, -0.05) is 30.3 Å². The van der Waals surface area contributed by atoms with Gasteiger partial charge >= 0.3 is 0 Å². The quantitative estimate of drug-likeness (QED) is 0.840. The number of rotatable bonds is 7. The molecule has 2 rings (SSSR count). The molecule has 3 heteroatoms. The van der Waals surface area contributed by atoms with Gasteiger partial charge in [0.1, 0.15) is 5.75 Å².